The summed E-state index contributed by atoms with van der Waals surface area (Å²) < 4.78 is 0. The Morgan fingerprint density at radius 2 is 1.52 bits per heavy atom. The Morgan fingerprint density at radius 3 is 2.24 bits per heavy atom. The molecule has 2 heterocycles. The average Bonchev–Trinajstić information content (AvgIpc) is 3.16. The molecule has 0 radical (unpaired) electrons. The third-order valence-electron chi connectivity index (χ3n) is 6.53. The predicted octanol–water partition coefficient (Wildman–Crippen LogP) is 2.37. The summed E-state index contributed by atoms with van der Waals surface area (Å²) >= 11 is 0. The van der Waals surface area contributed by atoms with Crippen molar-refractivity contribution in [1.29, 1.82) is 0 Å². The Kier molecular flexibility index (Phi) is 4.69. The molecule has 0 spiro atoms. The zero-order chi connectivity index (χ0) is 17.4. The fraction of sp³-hybridized carbons (Fsp3) is 0.842. The fourth-order valence-corrected chi connectivity index (χ4v) is 5.13. The van der Waals surface area contributed by atoms with Crippen LogP contribution >= 0.6 is 0 Å². The molecule has 138 valence electrons. The Bertz CT molecular complexity index is 552. The van der Waals surface area contributed by atoms with Gasteiger partial charge in [0.1, 0.15) is 6.04 Å². The lowest BCUT2D eigenvalue weighted by molar-refractivity contribution is -0.137. The average molecular weight is 347 g/mol. The quantitative estimate of drug-likeness (QED) is 0.721. The van der Waals surface area contributed by atoms with E-state index in [-0.39, 0.29) is 29.8 Å². The van der Waals surface area contributed by atoms with Crippen molar-refractivity contribution >= 4 is 17.8 Å². The van der Waals surface area contributed by atoms with Crippen molar-refractivity contribution in [3.8, 4) is 0 Å². The number of carbonyl (C=O) groups excluding carboxylic acids is 3. The van der Waals surface area contributed by atoms with Crippen LogP contribution < -0.4 is 0 Å². The maximum atomic E-state index is 13.0. The Labute approximate surface area is 149 Å². The minimum Gasteiger partial charge on any atom is -0.340 e. The maximum Gasteiger partial charge on any atom is 0.327 e. The summed E-state index contributed by atoms with van der Waals surface area (Å²) in [5.41, 5.74) is 0. The Morgan fingerprint density at radius 1 is 0.840 bits per heavy atom. The molecule has 0 aromatic carbocycles. The largest absolute Gasteiger partial charge is 0.340 e. The highest BCUT2D eigenvalue weighted by Crippen LogP contribution is 2.32. The highest BCUT2D eigenvalue weighted by atomic mass is 16.2. The second-order valence-electron chi connectivity index (χ2n) is 8.11. The van der Waals surface area contributed by atoms with Gasteiger partial charge in [-0.3, -0.25) is 14.5 Å². The Balaban J connectivity index is 1.49. The lowest BCUT2D eigenvalue weighted by Crippen LogP contribution is -2.46. The van der Waals surface area contributed by atoms with Gasteiger partial charge in [-0.1, -0.05) is 32.1 Å². The van der Waals surface area contributed by atoms with Crippen LogP contribution in [0.15, 0.2) is 0 Å². The SMILES string of the molecule is O=C(C1CCCC1)N1CCCN2C(=O)N(C3CCCCC3)C(=O)C2C1. The molecule has 4 fully saturated rings. The van der Waals surface area contributed by atoms with Crippen LogP contribution in [0.3, 0.4) is 0 Å². The van der Waals surface area contributed by atoms with Crippen LogP contribution in [-0.2, 0) is 9.59 Å². The highest BCUT2D eigenvalue weighted by Gasteiger charge is 2.49. The second kappa shape index (κ2) is 6.96. The van der Waals surface area contributed by atoms with Crippen LogP contribution in [0.5, 0.6) is 0 Å². The van der Waals surface area contributed by atoms with Gasteiger partial charge >= 0.3 is 6.03 Å². The van der Waals surface area contributed by atoms with E-state index >= 15 is 0 Å². The van der Waals surface area contributed by atoms with E-state index in [9.17, 15) is 14.4 Å². The van der Waals surface area contributed by atoms with Crippen LogP contribution in [0.4, 0.5) is 4.79 Å². The summed E-state index contributed by atoms with van der Waals surface area (Å²) in [6.07, 6.45) is 10.2. The molecule has 1 unspecified atom stereocenters. The molecule has 6 nitrogen and oxygen atoms in total. The number of amides is 4. The number of urea groups is 1. The molecule has 0 N–H and O–H groups in total. The Hall–Kier alpha value is -1.59. The summed E-state index contributed by atoms with van der Waals surface area (Å²) in [6.45, 7) is 1.66. The van der Waals surface area contributed by atoms with Crippen LogP contribution in [0.25, 0.3) is 0 Å². The molecule has 4 rings (SSSR count). The van der Waals surface area contributed by atoms with Gasteiger partial charge in [-0.05, 0) is 32.1 Å². The van der Waals surface area contributed by atoms with Gasteiger partial charge in [-0.25, -0.2) is 4.79 Å². The number of hydrogen-bond donors (Lipinski definition) is 0. The molecule has 2 saturated carbocycles. The van der Waals surface area contributed by atoms with Gasteiger partial charge in [-0.2, -0.15) is 0 Å². The molecule has 2 saturated heterocycles. The van der Waals surface area contributed by atoms with Crippen molar-refractivity contribution in [3.63, 3.8) is 0 Å². The summed E-state index contributed by atoms with van der Waals surface area (Å²) in [5, 5.41) is 0. The van der Waals surface area contributed by atoms with Gasteiger partial charge in [-0.15, -0.1) is 0 Å². The van der Waals surface area contributed by atoms with E-state index in [2.05, 4.69) is 0 Å². The van der Waals surface area contributed by atoms with E-state index < -0.39 is 6.04 Å². The highest BCUT2D eigenvalue weighted by molar-refractivity contribution is 6.05. The van der Waals surface area contributed by atoms with Gasteiger partial charge in [0, 0.05) is 25.0 Å². The zero-order valence-corrected chi connectivity index (χ0v) is 15.0. The summed E-state index contributed by atoms with van der Waals surface area (Å²) in [4.78, 5) is 43.8. The van der Waals surface area contributed by atoms with Crippen molar-refractivity contribution in [1.82, 2.24) is 14.7 Å². The minimum atomic E-state index is -0.456. The molecule has 4 aliphatic rings. The minimum absolute atomic E-state index is 0.0666. The monoisotopic (exact) mass is 347 g/mol. The fourth-order valence-electron chi connectivity index (χ4n) is 5.13. The molecule has 2 aliphatic heterocycles. The second-order valence-corrected chi connectivity index (χ2v) is 8.11. The molecule has 1 atom stereocenters. The summed E-state index contributed by atoms with van der Waals surface area (Å²) in [7, 11) is 0. The predicted molar refractivity (Wildman–Crippen MR) is 92.8 cm³/mol. The van der Waals surface area contributed by atoms with Crippen molar-refractivity contribution in [2.24, 2.45) is 5.92 Å². The number of hydrogen-bond acceptors (Lipinski definition) is 3. The van der Waals surface area contributed by atoms with E-state index in [1.165, 1.54) is 11.3 Å². The lowest BCUT2D eigenvalue weighted by Gasteiger charge is -2.29. The normalized spacial score (nSPS) is 29.3. The smallest absolute Gasteiger partial charge is 0.327 e. The molecule has 2 aliphatic carbocycles. The molecule has 25 heavy (non-hydrogen) atoms. The summed E-state index contributed by atoms with van der Waals surface area (Å²) in [6, 6.07) is -0.501. The van der Waals surface area contributed by atoms with Crippen molar-refractivity contribution in [3.05, 3.63) is 0 Å². The van der Waals surface area contributed by atoms with Crippen LogP contribution in [0, 0.1) is 5.92 Å². The summed E-state index contributed by atoms with van der Waals surface area (Å²) in [5.74, 6) is 0.270. The third kappa shape index (κ3) is 3.04. The lowest BCUT2D eigenvalue weighted by atomic mass is 9.94. The number of fused-ring (bicyclic) bond motifs is 1. The standard InChI is InChI=1S/C19H29N3O3/c23-17(14-7-4-5-8-14)20-11-6-12-21-16(13-20)18(24)22(19(21)25)15-9-2-1-3-10-15/h14-16H,1-13H2. The molecule has 0 aromatic heterocycles. The van der Waals surface area contributed by atoms with E-state index in [0.717, 1.165) is 57.8 Å². The van der Waals surface area contributed by atoms with Gasteiger partial charge in [0.25, 0.3) is 5.91 Å². The number of carbonyl (C=O) groups is 3. The van der Waals surface area contributed by atoms with Gasteiger partial charge in [0.2, 0.25) is 5.91 Å². The molecule has 0 aromatic rings. The molecular formula is C19H29N3O3. The first-order valence-corrected chi connectivity index (χ1v) is 10.1. The first kappa shape index (κ1) is 16.9. The zero-order valence-electron chi connectivity index (χ0n) is 15.0. The number of rotatable bonds is 2. The molecular weight excluding hydrogens is 318 g/mol. The van der Waals surface area contributed by atoms with Gasteiger partial charge in [0.05, 0.1) is 6.54 Å². The molecule has 0 bridgehead atoms. The van der Waals surface area contributed by atoms with E-state index in [4.69, 9.17) is 0 Å². The molecule has 4 amide bonds. The maximum absolute atomic E-state index is 13.0. The van der Waals surface area contributed by atoms with Gasteiger partial charge in [0.15, 0.2) is 0 Å². The first-order valence-electron chi connectivity index (χ1n) is 10.1. The van der Waals surface area contributed by atoms with Crippen molar-refractivity contribution < 1.29 is 14.4 Å². The van der Waals surface area contributed by atoms with Crippen LogP contribution in [0.2, 0.25) is 0 Å². The van der Waals surface area contributed by atoms with Crippen LogP contribution in [0.1, 0.15) is 64.2 Å². The van der Waals surface area contributed by atoms with Crippen molar-refractivity contribution in [2.45, 2.75) is 76.3 Å². The van der Waals surface area contributed by atoms with E-state index in [0.29, 0.717) is 19.6 Å². The number of nitrogens with zero attached hydrogens (tertiary/aromatic N) is 3. The van der Waals surface area contributed by atoms with E-state index in [1.807, 2.05) is 4.90 Å². The topological polar surface area (TPSA) is 60.9 Å². The van der Waals surface area contributed by atoms with Crippen molar-refractivity contribution in [2.75, 3.05) is 19.6 Å². The number of imide groups is 1. The van der Waals surface area contributed by atoms with Gasteiger partial charge < -0.3 is 9.80 Å². The third-order valence-corrected chi connectivity index (χ3v) is 6.53. The first-order chi connectivity index (χ1) is 12.2. The van der Waals surface area contributed by atoms with E-state index in [1.54, 1.807) is 4.90 Å². The molecule has 6 heteroatoms. The van der Waals surface area contributed by atoms with Crippen LogP contribution in [-0.4, -0.2) is 64.3 Å².